The summed E-state index contributed by atoms with van der Waals surface area (Å²) >= 11 is 0. The fourth-order valence-electron chi connectivity index (χ4n) is 2.11. The number of nitrogens with zero attached hydrogens (tertiary/aromatic N) is 1. The smallest absolute Gasteiger partial charge is 0.137 e. The minimum atomic E-state index is -0.116. The molecule has 0 spiro atoms. The molecule has 1 atom stereocenters. The minimum absolute atomic E-state index is 0.116. The minimum Gasteiger partial charge on any atom is -0.497 e. The number of rotatable bonds is 7. The second kappa shape index (κ2) is 7.64. The zero-order valence-electron chi connectivity index (χ0n) is 12.6. The highest BCUT2D eigenvalue weighted by Gasteiger charge is 2.09. The van der Waals surface area contributed by atoms with Crippen molar-refractivity contribution in [2.45, 2.75) is 25.8 Å². The van der Waals surface area contributed by atoms with E-state index in [2.05, 4.69) is 11.9 Å². The number of hydrogen-bond donors (Lipinski definition) is 1. The highest BCUT2D eigenvalue weighted by molar-refractivity contribution is 5.31. The van der Waals surface area contributed by atoms with Gasteiger partial charge in [0.25, 0.3) is 0 Å². The van der Waals surface area contributed by atoms with E-state index in [1.165, 1.54) is 0 Å². The molecule has 1 unspecified atom stereocenters. The maximum Gasteiger partial charge on any atom is 0.137 e. The lowest BCUT2D eigenvalue weighted by Crippen LogP contribution is -2.14. The van der Waals surface area contributed by atoms with Crippen LogP contribution < -0.4 is 15.2 Å². The average molecular weight is 286 g/mol. The third-order valence-corrected chi connectivity index (χ3v) is 3.23. The Labute approximate surface area is 125 Å². The Kier molecular flexibility index (Phi) is 5.58. The van der Waals surface area contributed by atoms with E-state index in [1.54, 1.807) is 19.5 Å². The molecule has 0 saturated heterocycles. The van der Waals surface area contributed by atoms with Gasteiger partial charge in [-0.05, 0) is 42.2 Å². The SMILES string of the molecule is CCCOc1cncc(C(N)Cc2cccc(OC)c2)c1. The molecule has 2 rings (SSSR count). The zero-order chi connectivity index (χ0) is 15.1. The maximum absolute atomic E-state index is 6.28. The Bertz CT molecular complexity index is 572. The molecule has 2 aromatic rings. The van der Waals surface area contributed by atoms with Crippen LogP contribution in [0.3, 0.4) is 0 Å². The normalized spacial score (nSPS) is 12.0. The third-order valence-electron chi connectivity index (χ3n) is 3.23. The molecule has 2 N–H and O–H groups in total. The van der Waals surface area contributed by atoms with Crippen LogP contribution in [-0.2, 0) is 6.42 Å². The lowest BCUT2D eigenvalue weighted by Gasteiger charge is -2.14. The molecule has 112 valence electrons. The van der Waals surface area contributed by atoms with E-state index in [1.807, 2.05) is 30.3 Å². The van der Waals surface area contributed by atoms with Gasteiger partial charge in [-0.3, -0.25) is 4.98 Å². The lowest BCUT2D eigenvalue weighted by atomic mass is 10.0. The second-order valence-corrected chi connectivity index (χ2v) is 4.96. The summed E-state index contributed by atoms with van der Waals surface area (Å²) in [7, 11) is 1.66. The number of methoxy groups -OCH3 is 1. The topological polar surface area (TPSA) is 57.4 Å². The Morgan fingerprint density at radius 2 is 2.05 bits per heavy atom. The van der Waals surface area contributed by atoms with Crippen molar-refractivity contribution in [1.82, 2.24) is 4.98 Å². The van der Waals surface area contributed by atoms with Gasteiger partial charge in [-0.25, -0.2) is 0 Å². The number of pyridine rings is 1. The van der Waals surface area contributed by atoms with Gasteiger partial charge in [-0.1, -0.05) is 19.1 Å². The fourth-order valence-corrected chi connectivity index (χ4v) is 2.11. The first-order valence-electron chi connectivity index (χ1n) is 7.19. The third kappa shape index (κ3) is 4.46. The standard InChI is InChI=1S/C17H22N2O2/c1-3-7-21-16-10-14(11-19-12-16)17(18)9-13-5-4-6-15(8-13)20-2/h4-6,8,10-12,17H,3,7,9,18H2,1-2H3. The Morgan fingerprint density at radius 1 is 1.19 bits per heavy atom. The number of nitrogens with two attached hydrogens (primary N) is 1. The van der Waals surface area contributed by atoms with Crippen LogP contribution in [0.15, 0.2) is 42.7 Å². The zero-order valence-corrected chi connectivity index (χ0v) is 12.6. The van der Waals surface area contributed by atoms with E-state index in [-0.39, 0.29) is 6.04 Å². The van der Waals surface area contributed by atoms with Gasteiger partial charge in [0.15, 0.2) is 0 Å². The molecule has 0 amide bonds. The first kappa shape index (κ1) is 15.3. The molecule has 0 radical (unpaired) electrons. The van der Waals surface area contributed by atoms with Crippen LogP contribution in [0.25, 0.3) is 0 Å². The van der Waals surface area contributed by atoms with Crippen molar-refractivity contribution in [2.75, 3.05) is 13.7 Å². The van der Waals surface area contributed by atoms with Crippen LogP contribution in [0.5, 0.6) is 11.5 Å². The van der Waals surface area contributed by atoms with Gasteiger partial charge in [0, 0.05) is 12.2 Å². The summed E-state index contributed by atoms with van der Waals surface area (Å²) in [4.78, 5) is 4.20. The van der Waals surface area contributed by atoms with Crippen molar-refractivity contribution in [3.05, 3.63) is 53.9 Å². The molecule has 0 saturated carbocycles. The average Bonchev–Trinajstić information content (AvgIpc) is 2.53. The molecular weight excluding hydrogens is 264 g/mol. The summed E-state index contributed by atoms with van der Waals surface area (Å²) in [6.07, 6.45) is 5.22. The van der Waals surface area contributed by atoms with Gasteiger partial charge in [-0.2, -0.15) is 0 Å². The van der Waals surface area contributed by atoms with Crippen LogP contribution in [0.2, 0.25) is 0 Å². The summed E-state index contributed by atoms with van der Waals surface area (Å²) in [5.74, 6) is 1.62. The predicted octanol–water partition coefficient (Wildman–Crippen LogP) is 3.12. The van der Waals surface area contributed by atoms with Crippen molar-refractivity contribution in [3.63, 3.8) is 0 Å². The molecule has 0 fully saturated rings. The van der Waals surface area contributed by atoms with E-state index >= 15 is 0 Å². The summed E-state index contributed by atoms with van der Waals surface area (Å²) in [6.45, 7) is 2.77. The first-order chi connectivity index (χ1) is 10.2. The number of benzene rings is 1. The van der Waals surface area contributed by atoms with Gasteiger partial charge in [0.2, 0.25) is 0 Å². The molecule has 0 bridgehead atoms. The van der Waals surface area contributed by atoms with Gasteiger partial charge in [-0.15, -0.1) is 0 Å². The highest BCUT2D eigenvalue weighted by Crippen LogP contribution is 2.21. The van der Waals surface area contributed by atoms with Crippen molar-refractivity contribution in [1.29, 1.82) is 0 Å². The highest BCUT2D eigenvalue weighted by atomic mass is 16.5. The monoisotopic (exact) mass is 286 g/mol. The number of hydrogen-bond acceptors (Lipinski definition) is 4. The van der Waals surface area contributed by atoms with Crippen molar-refractivity contribution in [3.8, 4) is 11.5 Å². The molecule has 21 heavy (non-hydrogen) atoms. The predicted molar refractivity (Wildman–Crippen MR) is 83.6 cm³/mol. The molecule has 0 aliphatic heterocycles. The van der Waals surface area contributed by atoms with Gasteiger partial charge in [0.05, 0.1) is 19.9 Å². The second-order valence-electron chi connectivity index (χ2n) is 4.96. The molecular formula is C17H22N2O2. The van der Waals surface area contributed by atoms with Crippen molar-refractivity contribution in [2.24, 2.45) is 5.73 Å². The van der Waals surface area contributed by atoms with Gasteiger partial charge >= 0.3 is 0 Å². The lowest BCUT2D eigenvalue weighted by molar-refractivity contribution is 0.315. The van der Waals surface area contributed by atoms with Crippen LogP contribution in [-0.4, -0.2) is 18.7 Å². The number of ether oxygens (including phenoxy) is 2. The summed E-state index contributed by atoms with van der Waals surface area (Å²) < 4.78 is 10.8. The Balaban J connectivity index is 2.06. The fraction of sp³-hybridized carbons (Fsp3) is 0.353. The van der Waals surface area contributed by atoms with E-state index < -0.39 is 0 Å². The van der Waals surface area contributed by atoms with Crippen molar-refractivity contribution < 1.29 is 9.47 Å². The first-order valence-corrected chi connectivity index (χ1v) is 7.19. The van der Waals surface area contributed by atoms with Crippen molar-refractivity contribution >= 4 is 0 Å². The molecule has 0 aliphatic rings. The molecule has 1 aromatic heterocycles. The quantitative estimate of drug-likeness (QED) is 0.849. The molecule has 4 nitrogen and oxygen atoms in total. The van der Waals surface area contributed by atoms with Crippen LogP contribution in [0.1, 0.15) is 30.5 Å². The molecule has 1 aromatic carbocycles. The van der Waals surface area contributed by atoms with Crippen LogP contribution in [0, 0.1) is 0 Å². The van der Waals surface area contributed by atoms with Crippen LogP contribution >= 0.6 is 0 Å². The summed E-state index contributed by atoms with van der Waals surface area (Å²) in [5.41, 5.74) is 8.40. The maximum atomic E-state index is 6.28. The Morgan fingerprint density at radius 3 is 2.81 bits per heavy atom. The van der Waals surface area contributed by atoms with E-state index in [0.29, 0.717) is 6.61 Å². The van der Waals surface area contributed by atoms with E-state index in [4.69, 9.17) is 15.2 Å². The summed E-state index contributed by atoms with van der Waals surface area (Å²) in [5, 5.41) is 0. The summed E-state index contributed by atoms with van der Waals surface area (Å²) in [6, 6.07) is 9.80. The molecule has 4 heteroatoms. The Hall–Kier alpha value is -2.07. The van der Waals surface area contributed by atoms with E-state index in [0.717, 1.165) is 35.5 Å². The van der Waals surface area contributed by atoms with Gasteiger partial charge < -0.3 is 15.2 Å². The largest absolute Gasteiger partial charge is 0.497 e. The molecule has 0 aliphatic carbocycles. The molecule has 1 heterocycles. The van der Waals surface area contributed by atoms with Crippen LogP contribution in [0.4, 0.5) is 0 Å². The van der Waals surface area contributed by atoms with Gasteiger partial charge in [0.1, 0.15) is 11.5 Å². The van der Waals surface area contributed by atoms with E-state index in [9.17, 15) is 0 Å². The number of aromatic nitrogens is 1.